The van der Waals surface area contributed by atoms with Crippen molar-refractivity contribution >= 4 is 37.6 Å². The van der Waals surface area contributed by atoms with Crippen LogP contribution < -0.4 is 5.32 Å². The molecule has 0 aliphatic carbocycles. The van der Waals surface area contributed by atoms with E-state index in [-0.39, 0.29) is 17.0 Å². The van der Waals surface area contributed by atoms with Crippen LogP contribution in [0.5, 0.6) is 0 Å². The highest BCUT2D eigenvalue weighted by Gasteiger charge is 2.36. The minimum absolute atomic E-state index is 0. The normalized spacial score (nSPS) is 11.7. The summed E-state index contributed by atoms with van der Waals surface area (Å²) < 4.78 is 17.8. The molecule has 0 saturated heterocycles. The van der Waals surface area contributed by atoms with Gasteiger partial charge in [-0.3, -0.25) is 0 Å². The van der Waals surface area contributed by atoms with Crippen LogP contribution in [0, 0.1) is 0 Å². The molecule has 0 atom stereocenters. The Kier molecular flexibility index (Phi) is 15.0. The molecule has 0 saturated carbocycles. The lowest BCUT2D eigenvalue weighted by Gasteiger charge is -2.24. The molecule has 0 rings (SSSR count). The van der Waals surface area contributed by atoms with Gasteiger partial charge in [-0.1, -0.05) is 6.92 Å². The molecular formula is C10H26BrClN2O3Si. The standard InChI is InChI=1S/C10H25ClN2O3Si.BrH/c1-5-13(11)9-8-12-7-6-10-17(14-2,15-3)16-4;/h12H,5-10H2,1-4H3;1H. The summed E-state index contributed by atoms with van der Waals surface area (Å²) in [5.41, 5.74) is 0. The number of nitrogens with zero attached hydrogens (tertiary/aromatic N) is 1. The van der Waals surface area contributed by atoms with Crippen LogP contribution in [-0.4, -0.2) is 60.7 Å². The molecule has 1 N–H and O–H groups in total. The van der Waals surface area contributed by atoms with Gasteiger partial charge in [0.15, 0.2) is 0 Å². The van der Waals surface area contributed by atoms with E-state index in [0.29, 0.717) is 0 Å². The Morgan fingerprint density at radius 1 is 1.11 bits per heavy atom. The van der Waals surface area contributed by atoms with Gasteiger partial charge in [0.05, 0.1) is 0 Å². The highest BCUT2D eigenvalue weighted by molar-refractivity contribution is 8.93. The number of rotatable bonds is 11. The van der Waals surface area contributed by atoms with Crippen molar-refractivity contribution in [3.8, 4) is 0 Å². The van der Waals surface area contributed by atoms with E-state index in [2.05, 4.69) is 5.32 Å². The molecule has 8 heteroatoms. The summed E-state index contributed by atoms with van der Waals surface area (Å²) in [5.74, 6) is 0. The molecule has 5 nitrogen and oxygen atoms in total. The third kappa shape index (κ3) is 8.81. The zero-order valence-electron chi connectivity index (χ0n) is 11.7. The molecule has 0 unspecified atom stereocenters. The molecule has 0 bridgehead atoms. The smallest absolute Gasteiger partial charge is 0.377 e. The zero-order valence-corrected chi connectivity index (χ0v) is 15.2. The summed E-state index contributed by atoms with van der Waals surface area (Å²) in [5, 5.41) is 3.32. The minimum Gasteiger partial charge on any atom is -0.377 e. The molecule has 0 aliphatic rings. The molecule has 0 spiro atoms. The van der Waals surface area contributed by atoms with Crippen molar-refractivity contribution < 1.29 is 13.3 Å². The van der Waals surface area contributed by atoms with E-state index in [4.69, 9.17) is 25.1 Å². The number of hydrogen-bond acceptors (Lipinski definition) is 5. The van der Waals surface area contributed by atoms with Crippen molar-refractivity contribution in [2.24, 2.45) is 0 Å². The van der Waals surface area contributed by atoms with E-state index in [1.54, 1.807) is 25.7 Å². The summed E-state index contributed by atoms with van der Waals surface area (Å²) in [4.78, 5) is 0. The average Bonchev–Trinajstić information content (AvgIpc) is 2.38. The fourth-order valence-corrected chi connectivity index (χ4v) is 3.28. The molecule has 0 fully saturated rings. The second-order valence-corrected chi connectivity index (χ2v) is 7.22. The van der Waals surface area contributed by atoms with Gasteiger partial charge in [-0.05, 0) is 24.7 Å². The lowest BCUT2D eigenvalue weighted by atomic mass is 10.4. The summed E-state index contributed by atoms with van der Waals surface area (Å²) in [6.45, 7) is 5.54. The van der Waals surface area contributed by atoms with Crippen LogP contribution >= 0.6 is 28.8 Å². The van der Waals surface area contributed by atoms with Crippen LogP contribution in [0.4, 0.5) is 0 Å². The molecule has 0 aromatic carbocycles. The first-order valence-electron chi connectivity index (χ1n) is 5.91. The van der Waals surface area contributed by atoms with Crippen LogP contribution in [0.1, 0.15) is 13.3 Å². The Morgan fingerprint density at radius 3 is 2.11 bits per heavy atom. The van der Waals surface area contributed by atoms with Crippen molar-refractivity contribution in [2.45, 2.75) is 19.4 Å². The van der Waals surface area contributed by atoms with E-state index in [0.717, 1.165) is 38.6 Å². The minimum atomic E-state index is -2.38. The van der Waals surface area contributed by atoms with Gasteiger partial charge in [-0.25, -0.2) is 4.42 Å². The molecule has 18 heavy (non-hydrogen) atoms. The Balaban J connectivity index is 0. The molecule has 0 amide bonds. The molecule has 0 heterocycles. The van der Waals surface area contributed by atoms with Crippen molar-refractivity contribution in [3.63, 3.8) is 0 Å². The van der Waals surface area contributed by atoms with Crippen LogP contribution in [0.3, 0.4) is 0 Å². The van der Waals surface area contributed by atoms with Crippen LogP contribution in [0.25, 0.3) is 0 Å². The molecule has 112 valence electrons. The van der Waals surface area contributed by atoms with Gasteiger partial charge in [-0.2, -0.15) is 0 Å². The summed E-state index contributed by atoms with van der Waals surface area (Å²) >= 11 is 5.86. The van der Waals surface area contributed by atoms with E-state index in [1.807, 2.05) is 6.92 Å². The van der Waals surface area contributed by atoms with Gasteiger partial charge < -0.3 is 18.6 Å². The topological polar surface area (TPSA) is 43.0 Å². The van der Waals surface area contributed by atoms with Crippen molar-refractivity contribution in [2.75, 3.05) is 47.5 Å². The Morgan fingerprint density at radius 2 is 1.67 bits per heavy atom. The van der Waals surface area contributed by atoms with E-state index >= 15 is 0 Å². The van der Waals surface area contributed by atoms with Gasteiger partial charge in [0.25, 0.3) is 0 Å². The number of likely N-dealkylation sites (N-methyl/N-ethyl adjacent to an activating group) is 1. The monoisotopic (exact) mass is 364 g/mol. The van der Waals surface area contributed by atoms with Gasteiger partial charge in [0.1, 0.15) is 0 Å². The van der Waals surface area contributed by atoms with Crippen LogP contribution in [0.15, 0.2) is 0 Å². The predicted octanol–water partition coefficient (Wildman–Crippen LogP) is 1.90. The summed E-state index contributed by atoms with van der Waals surface area (Å²) in [6.07, 6.45) is 0.968. The number of hydrogen-bond donors (Lipinski definition) is 1. The average molecular weight is 366 g/mol. The fourth-order valence-electron chi connectivity index (χ4n) is 1.47. The molecule has 0 aromatic rings. The molecule has 0 radical (unpaired) electrons. The van der Waals surface area contributed by atoms with Gasteiger partial charge >= 0.3 is 8.80 Å². The maximum atomic E-state index is 5.86. The quantitative estimate of drug-likeness (QED) is 0.344. The lowest BCUT2D eigenvalue weighted by Crippen LogP contribution is -2.43. The Hall–Kier alpha value is 0.787. The second-order valence-electron chi connectivity index (χ2n) is 3.65. The predicted molar refractivity (Wildman–Crippen MR) is 82.5 cm³/mol. The summed E-state index contributed by atoms with van der Waals surface area (Å²) in [6, 6.07) is 0.821. The van der Waals surface area contributed by atoms with Crippen LogP contribution in [-0.2, 0) is 13.3 Å². The van der Waals surface area contributed by atoms with Crippen molar-refractivity contribution in [1.82, 2.24) is 9.74 Å². The first-order valence-corrected chi connectivity index (χ1v) is 8.18. The SMILES string of the molecule is Br.CCN(Cl)CCNCCC[Si](OC)(OC)OC. The molecule has 0 aliphatic heterocycles. The third-order valence-electron chi connectivity index (χ3n) is 2.64. The van der Waals surface area contributed by atoms with Gasteiger partial charge in [0, 0.05) is 47.0 Å². The third-order valence-corrected chi connectivity index (χ3v) is 5.88. The van der Waals surface area contributed by atoms with Crippen molar-refractivity contribution in [3.05, 3.63) is 0 Å². The van der Waals surface area contributed by atoms with Crippen molar-refractivity contribution in [1.29, 1.82) is 0 Å². The number of halogens is 2. The highest BCUT2D eigenvalue weighted by Crippen LogP contribution is 2.14. The molecular weight excluding hydrogens is 340 g/mol. The lowest BCUT2D eigenvalue weighted by molar-refractivity contribution is 0.123. The van der Waals surface area contributed by atoms with Gasteiger partial charge in [0.2, 0.25) is 0 Å². The number of nitrogens with one attached hydrogen (secondary N) is 1. The highest BCUT2D eigenvalue weighted by atomic mass is 79.9. The summed E-state index contributed by atoms with van der Waals surface area (Å²) in [7, 11) is 2.53. The first-order chi connectivity index (χ1) is 8.14. The molecule has 0 aromatic heterocycles. The zero-order chi connectivity index (χ0) is 13.1. The largest absolute Gasteiger partial charge is 0.500 e. The van der Waals surface area contributed by atoms with Crippen LogP contribution in [0.2, 0.25) is 6.04 Å². The van der Waals surface area contributed by atoms with E-state index in [1.165, 1.54) is 0 Å². The van der Waals surface area contributed by atoms with E-state index in [9.17, 15) is 0 Å². The maximum absolute atomic E-state index is 5.86. The fraction of sp³-hybridized carbons (Fsp3) is 1.00. The maximum Gasteiger partial charge on any atom is 0.500 e. The first kappa shape index (κ1) is 21.1. The Bertz CT molecular complexity index is 182. The van der Waals surface area contributed by atoms with Gasteiger partial charge in [-0.15, -0.1) is 17.0 Å². The van der Waals surface area contributed by atoms with E-state index < -0.39 is 8.80 Å². The Labute approximate surface area is 127 Å². The second kappa shape index (κ2) is 12.8.